The predicted molar refractivity (Wildman–Crippen MR) is 71.0 cm³/mol. The van der Waals surface area contributed by atoms with Crippen molar-refractivity contribution in [3.8, 4) is 0 Å². The van der Waals surface area contributed by atoms with Gasteiger partial charge in [0.15, 0.2) is 0 Å². The third kappa shape index (κ3) is 4.02. The van der Waals surface area contributed by atoms with Gasteiger partial charge in [0, 0.05) is 12.7 Å². The molecule has 0 aliphatic heterocycles. The second kappa shape index (κ2) is 6.43. The average molecular weight is 275 g/mol. The maximum atomic E-state index is 5.99. The monoisotopic (exact) mass is 274 g/mol. The summed E-state index contributed by atoms with van der Waals surface area (Å²) in [7, 11) is 0. The highest BCUT2D eigenvalue weighted by atomic mass is 35.5. The molecule has 1 aromatic heterocycles. The van der Waals surface area contributed by atoms with Crippen LogP contribution in [0.5, 0.6) is 0 Å². The molecule has 1 aromatic rings. The molecule has 0 bridgehead atoms. The SMILES string of the molecule is Clc1cnc(NCCOC2CCCC2)c(Cl)c1. The van der Waals surface area contributed by atoms with Crippen LogP contribution in [0.25, 0.3) is 0 Å². The number of anilines is 1. The smallest absolute Gasteiger partial charge is 0.144 e. The van der Waals surface area contributed by atoms with E-state index in [0.717, 1.165) is 0 Å². The Balaban J connectivity index is 1.70. The van der Waals surface area contributed by atoms with Crippen LogP contribution in [0.1, 0.15) is 25.7 Å². The Hall–Kier alpha value is -0.510. The van der Waals surface area contributed by atoms with Crippen molar-refractivity contribution in [3.05, 3.63) is 22.3 Å². The molecule has 0 saturated heterocycles. The van der Waals surface area contributed by atoms with E-state index >= 15 is 0 Å². The van der Waals surface area contributed by atoms with Gasteiger partial charge in [-0.15, -0.1) is 0 Å². The fraction of sp³-hybridized carbons (Fsp3) is 0.583. The van der Waals surface area contributed by atoms with Crippen LogP contribution in [0.2, 0.25) is 10.0 Å². The van der Waals surface area contributed by atoms with Crippen LogP contribution in [0.3, 0.4) is 0 Å². The molecule has 3 nitrogen and oxygen atoms in total. The standard InChI is InChI=1S/C12H16Cl2N2O/c13-9-7-11(14)12(16-8-9)15-5-6-17-10-3-1-2-4-10/h7-8,10H,1-6H2,(H,15,16). The first kappa shape index (κ1) is 12.9. The van der Waals surface area contributed by atoms with Crippen LogP contribution in [0.4, 0.5) is 5.82 Å². The topological polar surface area (TPSA) is 34.2 Å². The van der Waals surface area contributed by atoms with Crippen LogP contribution in [-0.4, -0.2) is 24.2 Å². The van der Waals surface area contributed by atoms with Crippen LogP contribution in [0, 0.1) is 0 Å². The lowest BCUT2D eigenvalue weighted by molar-refractivity contribution is 0.0659. The number of pyridine rings is 1. The molecule has 2 rings (SSSR count). The van der Waals surface area contributed by atoms with E-state index in [9.17, 15) is 0 Å². The van der Waals surface area contributed by atoms with Crippen molar-refractivity contribution in [3.63, 3.8) is 0 Å². The summed E-state index contributed by atoms with van der Waals surface area (Å²) in [6.45, 7) is 1.40. The highest BCUT2D eigenvalue weighted by Crippen LogP contribution is 2.23. The van der Waals surface area contributed by atoms with Crippen molar-refractivity contribution in [2.75, 3.05) is 18.5 Å². The van der Waals surface area contributed by atoms with Gasteiger partial charge in [-0.2, -0.15) is 0 Å². The lowest BCUT2D eigenvalue weighted by Crippen LogP contribution is -2.16. The molecule has 0 atom stereocenters. The van der Waals surface area contributed by atoms with E-state index in [1.165, 1.54) is 25.7 Å². The van der Waals surface area contributed by atoms with Gasteiger partial charge in [0.2, 0.25) is 0 Å². The van der Waals surface area contributed by atoms with Crippen molar-refractivity contribution >= 4 is 29.0 Å². The predicted octanol–water partition coefficient (Wildman–Crippen LogP) is 3.76. The maximum absolute atomic E-state index is 5.99. The normalized spacial score (nSPS) is 16.4. The number of ether oxygens (including phenoxy) is 1. The van der Waals surface area contributed by atoms with Gasteiger partial charge in [0.05, 0.1) is 22.8 Å². The summed E-state index contributed by atoms with van der Waals surface area (Å²) < 4.78 is 5.73. The largest absolute Gasteiger partial charge is 0.376 e. The van der Waals surface area contributed by atoms with E-state index in [1.807, 2.05) is 0 Å². The fourth-order valence-electron chi connectivity index (χ4n) is 1.99. The van der Waals surface area contributed by atoms with Crippen molar-refractivity contribution in [1.29, 1.82) is 0 Å². The Labute approximate surface area is 111 Å². The number of nitrogens with zero attached hydrogens (tertiary/aromatic N) is 1. The van der Waals surface area contributed by atoms with Gasteiger partial charge in [0.25, 0.3) is 0 Å². The molecule has 1 N–H and O–H groups in total. The third-order valence-corrected chi connectivity index (χ3v) is 3.35. The summed E-state index contributed by atoms with van der Waals surface area (Å²) in [5.74, 6) is 0.658. The van der Waals surface area contributed by atoms with E-state index in [-0.39, 0.29) is 0 Å². The average Bonchev–Trinajstić information content (AvgIpc) is 2.79. The molecule has 5 heteroatoms. The van der Waals surface area contributed by atoms with Crippen molar-refractivity contribution in [1.82, 2.24) is 4.98 Å². The first-order valence-electron chi connectivity index (χ1n) is 5.92. The molecule has 0 aromatic carbocycles. The highest BCUT2D eigenvalue weighted by Gasteiger charge is 2.14. The highest BCUT2D eigenvalue weighted by molar-refractivity contribution is 6.35. The molecule has 94 valence electrons. The van der Waals surface area contributed by atoms with E-state index < -0.39 is 0 Å². The summed E-state index contributed by atoms with van der Waals surface area (Å²) >= 11 is 11.8. The minimum absolute atomic E-state index is 0.449. The van der Waals surface area contributed by atoms with Gasteiger partial charge in [-0.05, 0) is 18.9 Å². The van der Waals surface area contributed by atoms with Crippen molar-refractivity contribution in [2.24, 2.45) is 0 Å². The molecular formula is C12H16Cl2N2O. The summed E-state index contributed by atoms with van der Waals surface area (Å²) in [6.07, 6.45) is 7.00. The van der Waals surface area contributed by atoms with Crippen LogP contribution in [-0.2, 0) is 4.74 Å². The summed E-state index contributed by atoms with van der Waals surface area (Å²) in [4.78, 5) is 4.12. The molecule has 0 spiro atoms. The van der Waals surface area contributed by atoms with Gasteiger partial charge in [-0.3, -0.25) is 0 Å². The van der Waals surface area contributed by atoms with E-state index in [4.69, 9.17) is 27.9 Å². The zero-order valence-corrected chi connectivity index (χ0v) is 11.1. The number of hydrogen-bond donors (Lipinski definition) is 1. The fourth-order valence-corrected chi connectivity index (χ4v) is 2.44. The summed E-state index contributed by atoms with van der Waals surface area (Å²) in [6, 6.07) is 1.68. The maximum Gasteiger partial charge on any atom is 0.144 e. The van der Waals surface area contributed by atoms with Crippen molar-refractivity contribution in [2.45, 2.75) is 31.8 Å². The minimum atomic E-state index is 0.449. The molecule has 1 aliphatic carbocycles. The third-order valence-electron chi connectivity index (χ3n) is 2.86. The molecule has 1 aliphatic rings. The van der Waals surface area contributed by atoms with E-state index in [2.05, 4.69) is 10.3 Å². The van der Waals surface area contributed by atoms with Gasteiger partial charge in [-0.25, -0.2) is 4.98 Å². The van der Waals surface area contributed by atoms with Gasteiger partial charge >= 0.3 is 0 Å². The summed E-state index contributed by atoms with van der Waals surface area (Å²) in [5.41, 5.74) is 0. The van der Waals surface area contributed by atoms with Crippen molar-refractivity contribution < 1.29 is 4.74 Å². The molecule has 17 heavy (non-hydrogen) atoms. The molecule has 0 radical (unpaired) electrons. The first-order chi connectivity index (χ1) is 8.25. The number of aromatic nitrogens is 1. The second-order valence-corrected chi connectivity index (χ2v) is 5.03. The Morgan fingerprint density at radius 3 is 2.82 bits per heavy atom. The zero-order valence-electron chi connectivity index (χ0n) is 9.59. The summed E-state index contributed by atoms with van der Waals surface area (Å²) in [5, 5.41) is 4.22. The number of hydrogen-bond acceptors (Lipinski definition) is 3. The molecule has 1 heterocycles. The number of nitrogens with one attached hydrogen (secondary N) is 1. The first-order valence-corrected chi connectivity index (χ1v) is 6.68. The molecule has 0 unspecified atom stereocenters. The van der Waals surface area contributed by atoms with Crippen LogP contribution in [0.15, 0.2) is 12.3 Å². The molecular weight excluding hydrogens is 259 g/mol. The lowest BCUT2D eigenvalue weighted by atomic mass is 10.3. The lowest BCUT2D eigenvalue weighted by Gasteiger charge is -2.12. The Morgan fingerprint density at radius 1 is 1.35 bits per heavy atom. The second-order valence-electron chi connectivity index (χ2n) is 4.19. The number of halogens is 2. The Kier molecular flexibility index (Phi) is 4.89. The van der Waals surface area contributed by atoms with Gasteiger partial charge < -0.3 is 10.1 Å². The quantitative estimate of drug-likeness (QED) is 0.831. The number of rotatable bonds is 5. The molecule has 0 amide bonds. The Bertz CT molecular complexity index is 368. The van der Waals surface area contributed by atoms with Crippen LogP contribution < -0.4 is 5.32 Å². The van der Waals surface area contributed by atoms with E-state index in [0.29, 0.717) is 35.1 Å². The molecule has 1 fully saturated rings. The van der Waals surface area contributed by atoms with Gasteiger partial charge in [-0.1, -0.05) is 36.0 Å². The Morgan fingerprint density at radius 2 is 2.12 bits per heavy atom. The van der Waals surface area contributed by atoms with Gasteiger partial charge in [0.1, 0.15) is 5.82 Å². The molecule has 1 saturated carbocycles. The zero-order chi connectivity index (χ0) is 12.1. The minimum Gasteiger partial charge on any atom is -0.376 e. The van der Waals surface area contributed by atoms with E-state index in [1.54, 1.807) is 12.3 Å². The van der Waals surface area contributed by atoms with Crippen LogP contribution >= 0.6 is 23.2 Å².